The SMILES string of the molecule is CCC(C)(C)C1CCC([S+](C2CCCCC2)C2CCCCC2)CC1. The molecular weight excluding hydrogens is 308 g/mol. The molecule has 3 saturated carbocycles. The highest BCUT2D eigenvalue weighted by molar-refractivity contribution is 7.98. The van der Waals surface area contributed by atoms with E-state index in [2.05, 4.69) is 20.8 Å². The zero-order chi connectivity index (χ0) is 17.0. The summed E-state index contributed by atoms with van der Waals surface area (Å²) in [5.74, 6) is 1.00. The maximum absolute atomic E-state index is 2.53. The standard InChI is InChI=1S/C23H43S/c1-4-23(2,3)19-15-17-22(18-16-19)24(20-11-7-5-8-12-20)21-13-9-6-10-14-21/h19-22H,4-18H2,1-3H3/q+1. The van der Waals surface area contributed by atoms with Crippen LogP contribution in [-0.4, -0.2) is 15.7 Å². The van der Waals surface area contributed by atoms with Gasteiger partial charge in [-0.2, -0.15) is 0 Å². The lowest BCUT2D eigenvalue weighted by molar-refractivity contribution is 0.154. The Labute approximate surface area is 155 Å². The molecular formula is C23H43S+. The molecule has 0 aromatic carbocycles. The van der Waals surface area contributed by atoms with Gasteiger partial charge in [0.25, 0.3) is 0 Å². The lowest BCUT2D eigenvalue weighted by Crippen LogP contribution is -2.45. The quantitative estimate of drug-likeness (QED) is 0.457. The van der Waals surface area contributed by atoms with Crippen LogP contribution in [0.4, 0.5) is 0 Å². The Balaban J connectivity index is 1.65. The fraction of sp³-hybridized carbons (Fsp3) is 1.00. The summed E-state index contributed by atoms with van der Waals surface area (Å²) in [6.45, 7) is 7.46. The van der Waals surface area contributed by atoms with E-state index in [0.717, 1.165) is 32.6 Å². The molecule has 0 atom stereocenters. The predicted molar refractivity (Wildman–Crippen MR) is 111 cm³/mol. The lowest BCUT2D eigenvalue weighted by Gasteiger charge is -2.41. The summed E-state index contributed by atoms with van der Waals surface area (Å²) in [4.78, 5) is 0. The number of hydrogen-bond acceptors (Lipinski definition) is 0. The van der Waals surface area contributed by atoms with E-state index in [-0.39, 0.29) is 0 Å². The second-order valence-electron chi connectivity index (χ2n) is 9.74. The van der Waals surface area contributed by atoms with Crippen molar-refractivity contribution in [3.8, 4) is 0 Å². The second kappa shape index (κ2) is 8.83. The van der Waals surface area contributed by atoms with Crippen LogP contribution in [0.3, 0.4) is 0 Å². The van der Waals surface area contributed by atoms with Gasteiger partial charge in [-0.25, -0.2) is 0 Å². The molecule has 0 N–H and O–H groups in total. The lowest BCUT2D eigenvalue weighted by atomic mass is 9.70. The van der Waals surface area contributed by atoms with Gasteiger partial charge in [0, 0.05) is 0 Å². The van der Waals surface area contributed by atoms with E-state index in [0.29, 0.717) is 5.41 Å². The van der Waals surface area contributed by atoms with Gasteiger partial charge in [0.15, 0.2) is 0 Å². The number of hydrogen-bond donors (Lipinski definition) is 0. The van der Waals surface area contributed by atoms with Crippen LogP contribution in [0.25, 0.3) is 0 Å². The molecule has 1 heteroatoms. The molecule has 0 nitrogen and oxygen atoms in total. The Morgan fingerprint density at radius 2 is 1.04 bits per heavy atom. The third kappa shape index (κ3) is 4.54. The van der Waals surface area contributed by atoms with Crippen molar-refractivity contribution in [2.24, 2.45) is 11.3 Å². The van der Waals surface area contributed by atoms with Gasteiger partial charge in [0.2, 0.25) is 0 Å². The first kappa shape index (κ1) is 19.1. The Morgan fingerprint density at radius 3 is 1.46 bits per heavy atom. The van der Waals surface area contributed by atoms with Gasteiger partial charge in [-0.15, -0.1) is 0 Å². The Hall–Kier alpha value is 0.350. The van der Waals surface area contributed by atoms with Crippen LogP contribution in [0.1, 0.15) is 117 Å². The van der Waals surface area contributed by atoms with Crippen LogP contribution >= 0.6 is 0 Å². The van der Waals surface area contributed by atoms with Crippen molar-refractivity contribution in [3.05, 3.63) is 0 Å². The van der Waals surface area contributed by atoms with E-state index in [4.69, 9.17) is 0 Å². The average Bonchev–Trinajstić information content (AvgIpc) is 2.64. The highest BCUT2D eigenvalue weighted by Crippen LogP contribution is 2.45. The number of rotatable bonds is 5. The molecule has 140 valence electrons. The van der Waals surface area contributed by atoms with Gasteiger partial charge in [-0.05, 0) is 99.3 Å². The second-order valence-corrected chi connectivity index (χ2v) is 12.6. The van der Waals surface area contributed by atoms with E-state index in [1.54, 1.807) is 64.2 Å². The van der Waals surface area contributed by atoms with Gasteiger partial charge >= 0.3 is 0 Å². The summed E-state index contributed by atoms with van der Waals surface area (Å²) in [6, 6.07) is 0. The summed E-state index contributed by atoms with van der Waals surface area (Å²) < 4.78 is 0. The Bertz CT molecular complexity index is 336. The van der Waals surface area contributed by atoms with Crippen molar-refractivity contribution < 1.29 is 0 Å². The van der Waals surface area contributed by atoms with Crippen LogP contribution in [0.5, 0.6) is 0 Å². The molecule has 0 amide bonds. The van der Waals surface area contributed by atoms with E-state index < -0.39 is 0 Å². The van der Waals surface area contributed by atoms with Crippen molar-refractivity contribution in [2.45, 2.75) is 133 Å². The average molecular weight is 352 g/mol. The van der Waals surface area contributed by atoms with E-state index in [1.807, 2.05) is 0 Å². The first-order valence-corrected chi connectivity index (χ1v) is 12.7. The molecule has 3 aliphatic rings. The van der Waals surface area contributed by atoms with Crippen molar-refractivity contribution in [1.29, 1.82) is 0 Å². The van der Waals surface area contributed by atoms with Gasteiger partial charge in [0.1, 0.15) is 15.7 Å². The maximum atomic E-state index is 2.53. The smallest absolute Gasteiger partial charge is 0.0649 e. The molecule has 0 saturated heterocycles. The summed E-state index contributed by atoms with van der Waals surface area (Å²) in [5.41, 5.74) is 0.583. The molecule has 0 spiro atoms. The molecule has 0 aromatic rings. The molecule has 3 rings (SSSR count). The van der Waals surface area contributed by atoms with Gasteiger partial charge in [-0.1, -0.05) is 40.0 Å². The summed E-state index contributed by atoms with van der Waals surface area (Å²) in [7, 11) is 0.773. The molecule has 3 fully saturated rings. The summed E-state index contributed by atoms with van der Waals surface area (Å²) in [5, 5.41) is 3.37. The molecule has 3 aliphatic carbocycles. The molecule has 0 aliphatic heterocycles. The van der Waals surface area contributed by atoms with Gasteiger partial charge in [0.05, 0.1) is 0 Å². The Morgan fingerprint density at radius 1 is 0.625 bits per heavy atom. The monoisotopic (exact) mass is 351 g/mol. The molecule has 0 radical (unpaired) electrons. The van der Waals surface area contributed by atoms with Crippen molar-refractivity contribution >= 4 is 10.9 Å². The zero-order valence-electron chi connectivity index (χ0n) is 16.8. The van der Waals surface area contributed by atoms with Crippen molar-refractivity contribution in [2.75, 3.05) is 0 Å². The molecule has 0 unspecified atom stereocenters. The van der Waals surface area contributed by atoms with Crippen LogP contribution in [-0.2, 0) is 10.9 Å². The minimum atomic E-state index is 0.583. The van der Waals surface area contributed by atoms with Gasteiger partial charge < -0.3 is 0 Å². The fourth-order valence-electron chi connectivity index (χ4n) is 5.90. The first-order chi connectivity index (χ1) is 11.6. The molecule has 24 heavy (non-hydrogen) atoms. The fourth-order valence-corrected chi connectivity index (χ4v) is 10.1. The van der Waals surface area contributed by atoms with Crippen molar-refractivity contribution in [3.63, 3.8) is 0 Å². The zero-order valence-corrected chi connectivity index (χ0v) is 17.6. The van der Waals surface area contributed by atoms with E-state index in [9.17, 15) is 0 Å². The minimum Gasteiger partial charge on any atom is -0.0649 e. The van der Waals surface area contributed by atoms with Crippen LogP contribution in [0.15, 0.2) is 0 Å². The van der Waals surface area contributed by atoms with E-state index in [1.165, 1.54) is 32.1 Å². The summed E-state index contributed by atoms with van der Waals surface area (Å²) >= 11 is 0. The van der Waals surface area contributed by atoms with Crippen LogP contribution in [0, 0.1) is 11.3 Å². The first-order valence-electron chi connectivity index (χ1n) is 11.3. The van der Waals surface area contributed by atoms with E-state index >= 15 is 0 Å². The highest BCUT2D eigenvalue weighted by Gasteiger charge is 2.47. The molecule has 0 aromatic heterocycles. The van der Waals surface area contributed by atoms with Crippen molar-refractivity contribution in [1.82, 2.24) is 0 Å². The third-order valence-corrected chi connectivity index (χ3v) is 11.7. The van der Waals surface area contributed by atoms with Crippen LogP contribution < -0.4 is 0 Å². The maximum Gasteiger partial charge on any atom is 0.118 e. The molecule has 0 bridgehead atoms. The highest BCUT2D eigenvalue weighted by atomic mass is 32.2. The minimum absolute atomic E-state index is 0.583. The predicted octanol–water partition coefficient (Wildman–Crippen LogP) is 7.27. The summed E-state index contributed by atoms with van der Waals surface area (Å²) in [6.07, 6.45) is 23.1. The third-order valence-electron chi connectivity index (χ3n) is 7.95. The normalized spacial score (nSPS) is 31.5. The molecule has 0 heterocycles. The van der Waals surface area contributed by atoms with Crippen LogP contribution in [0.2, 0.25) is 0 Å². The van der Waals surface area contributed by atoms with Gasteiger partial charge in [-0.3, -0.25) is 0 Å². The largest absolute Gasteiger partial charge is 0.118 e. The topological polar surface area (TPSA) is 0 Å². The Kier molecular flexibility index (Phi) is 7.03.